The van der Waals surface area contributed by atoms with E-state index in [9.17, 15) is 14.4 Å². The van der Waals surface area contributed by atoms with Crippen molar-refractivity contribution >= 4 is 17.8 Å². The molecule has 152 valence electrons. The van der Waals surface area contributed by atoms with Crippen molar-refractivity contribution < 1.29 is 14.4 Å². The molecule has 2 heterocycles. The fourth-order valence-corrected chi connectivity index (χ4v) is 4.43. The molecule has 0 bridgehead atoms. The highest BCUT2D eigenvalue weighted by Crippen LogP contribution is 2.29. The highest BCUT2D eigenvalue weighted by Gasteiger charge is 2.49. The number of amides is 4. The monoisotopic (exact) mass is 385 g/mol. The lowest BCUT2D eigenvalue weighted by molar-refractivity contribution is -0.140. The second-order valence-electron chi connectivity index (χ2n) is 8.64. The lowest BCUT2D eigenvalue weighted by atomic mass is 9.90. The van der Waals surface area contributed by atoms with Crippen molar-refractivity contribution in [1.29, 1.82) is 0 Å². The molecule has 2 fully saturated rings. The van der Waals surface area contributed by atoms with Gasteiger partial charge in [-0.3, -0.25) is 14.5 Å². The SMILES string of the molecule is CCCc1ccc(C2(C)NC(=O)N(CC(=O)N3CC(C)CC(C)C3)C2=O)cc1. The minimum absolute atomic E-state index is 0.163. The second-order valence-corrected chi connectivity index (χ2v) is 8.64. The van der Waals surface area contributed by atoms with Crippen LogP contribution in [-0.4, -0.2) is 47.3 Å². The predicted octanol–water partition coefficient (Wildman–Crippen LogP) is 2.91. The Morgan fingerprint density at radius 1 is 1.14 bits per heavy atom. The number of piperidine rings is 1. The maximum atomic E-state index is 13.1. The van der Waals surface area contributed by atoms with Crippen LogP contribution in [0.4, 0.5) is 4.79 Å². The third kappa shape index (κ3) is 3.91. The van der Waals surface area contributed by atoms with E-state index in [2.05, 4.69) is 26.1 Å². The van der Waals surface area contributed by atoms with Crippen molar-refractivity contribution in [2.24, 2.45) is 11.8 Å². The molecule has 2 aliphatic heterocycles. The molecule has 6 heteroatoms. The van der Waals surface area contributed by atoms with Crippen LogP contribution in [0.1, 0.15) is 51.7 Å². The number of imide groups is 1. The number of nitrogens with zero attached hydrogens (tertiary/aromatic N) is 2. The third-order valence-electron chi connectivity index (χ3n) is 5.86. The largest absolute Gasteiger partial charge is 0.341 e. The van der Waals surface area contributed by atoms with Crippen molar-refractivity contribution in [2.75, 3.05) is 19.6 Å². The van der Waals surface area contributed by atoms with Crippen LogP contribution >= 0.6 is 0 Å². The topological polar surface area (TPSA) is 69.7 Å². The van der Waals surface area contributed by atoms with Crippen molar-refractivity contribution in [3.63, 3.8) is 0 Å². The first-order valence-electron chi connectivity index (χ1n) is 10.3. The molecule has 3 atom stereocenters. The van der Waals surface area contributed by atoms with E-state index in [1.54, 1.807) is 11.8 Å². The first kappa shape index (κ1) is 20.4. The summed E-state index contributed by atoms with van der Waals surface area (Å²) in [5.41, 5.74) is 0.804. The summed E-state index contributed by atoms with van der Waals surface area (Å²) in [7, 11) is 0. The van der Waals surface area contributed by atoms with E-state index in [-0.39, 0.29) is 18.4 Å². The van der Waals surface area contributed by atoms with Crippen LogP contribution in [0.15, 0.2) is 24.3 Å². The molecule has 6 nitrogen and oxygen atoms in total. The number of rotatable bonds is 5. The lowest BCUT2D eigenvalue weighted by Gasteiger charge is -2.35. The zero-order valence-corrected chi connectivity index (χ0v) is 17.3. The molecule has 2 saturated heterocycles. The molecule has 3 rings (SSSR count). The van der Waals surface area contributed by atoms with Gasteiger partial charge in [-0.05, 0) is 42.7 Å². The van der Waals surface area contributed by atoms with Gasteiger partial charge in [0.1, 0.15) is 12.1 Å². The van der Waals surface area contributed by atoms with E-state index < -0.39 is 11.6 Å². The molecule has 0 aromatic heterocycles. The van der Waals surface area contributed by atoms with Gasteiger partial charge in [-0.2, -0.15) is 0 Å². The number of aryl methyl sites for hydroxylation is 1. The Hall–Kier alpha value is -2.37. The number of urea groups is 1. The van der Waals surface area contributed by atoms with Crippen LogP contribution in [0.25, 0.3) is 0 Å². The Morgan fingerprint density at radius 2 is 1.75 bits per heavy atom. The Kier molecular flexibility index (Phi) is 5.77. The maximum absolute atomic E-state index is 13.1. The van der Waals surface area contributed by atoms with Gasteiger partial charge in [0.2, 0.25) is 5.91 Å². The Labute approximate surface area is 167 Å². The normalized spacial score (nSPS) is 27.9. The van der Waals surface area contributed by atoms with Crippen LogP contribution in [0.2, 0.25) is 0 Å². The summed E-state index contributed by atoms with van der Waals surface area (Å²) >= 11 is 0. The van der Waals surface area contributed by atoms with Crippen molar-refractivity contribution in [1.82, 2.24) is 15.1 Å². The lowest BCUT2D eigenvalue weighted by Crippen LogP contribution is -2.48. The predicted molar refractivity (Wildman–Crippen MR) is 108 cm³/mol. The fraction of sp³-hybridized carbons (Fsp3) is 0.591. The standard InChI is InChI=1S/C22H31N3O3/c1-5-6-17-7-9-18(10-8-17)22(4)20(27)25(21(28)23-22)14-19(26)24-12-15(2)11-16(3)13-24/h7-10,15-16H,5-6,11-14H2,1-4H3,(H,23,28). The van der Waals surface area contributed by atoms with Gasteiger partial charge >= 0.3 is 6.03 Å². The van der Waals surface area contributed by atoms with Gasteiger partial charge in [0.25, 0.3) is 5.91 Å². The van der Waals surface area contributed by atoms with Crippen molar-refractivity contribution in [2.45, 2.75) is 52.5 Å². The zero-order chi connectivity index (χ0) is 20.5. The quantitative estimate of drug-likeness (QED) is 0.793. The first-order chi connectivity index (χ1) is 13.2. The van der Waals surface area contributed by atoms with E-state index in [1.165, 1.54) is 5.56 Å². The minimum Gasteiger partial charge on any atom is -0.341 e. The fourth-order valence-electron chi connectivity index (χ4n) is 4.43. The highest BCUT2D eigenvalue weighted by molar-refractivity contribution is 6.09. The Balaban J connectivity index is 1.73. The average molecular weight is 386 g/mol. The van der Waals surface area contributed by atoms with Gasteiger partial charge in [0.05, 0.1) is 0 Å². The van der Waals surface area contributed by atoms with Crippen molar-refractivity contribution in [3.8, 4) is 0 Å². The van der Waals surface area contributed by atoms with E-state index in [0.29, 0.717) is 24.9 Å². The molecule has 1 aromatic rings. The smallest absolute Gasteiger partial charge is 0.325 e. The summed E-state index contributed by atoms with van der Waals surface area (Å²) in [5, 5.41) is 2.79. The summed E-state index contributed by atoms with van der Waals surface area (Å²) in [6.45, 7) is 9.25. The molecule has 1 N–H and O–H groups in total. The first-order valence-corrected chi connectivity index (χ1v) is 10.3. The molecular formula is C22H31N3O3. The van der Waals surface area contributed by atoms with Crippen molar-refractivity contribution in [3.05, 3.63) is 35.4 Å². The Morgan fingerprint density at radius 3 is 2.32 bits per heavy atom. The van der Waals surface area contributed by atoms with E-state index >= 15 is 0 Å². The van der Waals surface area contributed by atoms with Gasteiger partial charge in [-0.1, -0.05) is 51.5 Å². The van der Waals surface area contributed by atoms with Gasteiger partial charge in [-0.25, -0.2) is 4.79 Å². The summed E-state index contributed by atoms with van der Waals surface area (Å²) < 4.78 is 0. The number of hydrogen-bond acceptors (Lipinski definition) is 3. The minimum atomic E-state index is -1.13. The second kappa shape index (κ2) is 7.94. The summed E-state index contributed by atoms with van der Waals surface area (Å²) in [5.74, 6) is 0.335. The number of likely N-dealkylation sites (tertiary alicyclic amines) is 1. The van der Waals surface area contributed by atoms with Crippen LogP contribution in [0, 0.1) is 11.8 Å². The molecule has 0 aliphatic carbocycles. The zero-order valence-electron chi connectivity index (χ0n) is 17.3. The van der Waals surface area contributed by atoms with Crippen LogP contribution in [0.3, 0.4) is 0 Å². The molecule has 4 amide bonds. The molecule has 2 aliphatic rings. The maximum Gasteiger partial charge on any atom is 0.325 e. The average Bonchev–Trinajstić information content (AvgIpc) is 2.86. The van der Waals surface area contributed by atoms with E-state index in [0.717, 1.165) is 29.7 Å². The van der Waals surface area contributed by atoms with Crippen LogP contribution in [-0.2, 0) is 21.5 Å². The number of benzene rings is 1. The molecule has 0 saturated carbocycles. The number of nitrogens with one attached hydrogen (secondary N) is 1. The van der Waals surface area contributed by atoms with Gasteiger partial charge in [0.15, 0.2) is 0 Å². The van der Waals surface area contributed by atoms with Gasteiger partial charge in [-0.15, -0.1) is 0 Å². The van der Waals surface area contributed by atoms with Crippen LogP contribution < -0.4 is 5.32 Å². The molecule has 0 spiro atoms. The van der Waals surface area contributed by atoms with Gasteiger partial charge < -0.3 is 10.2 Å². The number of carbonyl (C=O) groups excluding carboxylic acids is 3. The summed E-state index contributed by atoms with van der Waals surface area (Å²) in [6.07, 6.45) is 3.12. The molecule has 0 radical (unpaired) electrons. The number of hydrogen-bond donors (Lipinski definition) is 1. The number of carbonyl (C=O) groups is 3. The van der Waals surface area contributed by atoms with E-state index in [1.807, 2.05) is 24.3 Å². The molecule has 28 heavy (non-hydrogen) atoms. The summed E-state index contributed by atoms with van der Waals surface area (Å²) in [6, 6.07) is 7.27. The Bertz CT molecular complexity index is 751. The molecular weight excluding hydrogens is 354 g/mol. The van der Waals surface area contributed by atoms with Crippen LogP contribution in [0.5, 0.6) is 0 Å². The molecule has 1 aromatic carbocycles. The highest BCUT2D eigenvalue weighted by atomic mass is 16.2. The molecule has 3 unspecified atom stereocenters. The third-order valence-corrected chi connectivity index (χ3v) is 5.86. The van der Waals surface area contributed by atoms with Gasteiger partial charge in [0, 0.05) is 13.1 Å². The summed E-state index contributed by atoms with van der Waals surface area (Å²) in [4.78, 5) is 41.2. The van der Waals surface area contributed by atoms with E-state index in [4.69, 9.17) is 0 Å².